The molecule has 0 aliphatic carbocycles. The molecule has 0 unspecified atom stereocenters. The maximum atomic E-state index is 13.9. The van der Waals surface area contributed by atoms with E-state index in [2.05, 4.69) is 0 Å². The first-order valence-electron chi connectivity index (χ1n) is 7.78. The Morgan fingerprint density at radius 3 is 2.61 bits per heavy atom. The van der Waals surface area contributed by atoms with Crippen LogP contribution in [0.4, 0.5) is 9.18 Å². The van der Waals surface area contributed by atoms with Gasteiger partial charge in [-0.2, -0.15) is 0 Å². The van der Waals surface area contributed by atoms with Crippen molar-refractivity contribution in [3.05, 3.63) is 29.6 Å². The van der Waals surface area contributed by atoms with Gasteiger partial charge in [0.2, 0.25) is 0 Å². The molecule has 1 aliphatic rings. The fraction of sp³-hybridized carbons (Fsp3) is 0.588. The van der Waals surface area contributed by atoms with E-state index in [0.29, 0.717) is 19.5 Å². The highest BCUT2D eigenvalue weighted by Crippen LogP contribution is 2.30. The summed E-state index contributed by atoms with van der Waals surface area (Å²) in [6.45, 7) is 6.43. The average Bonchev–Trinajstić information content (AvgIpc) is 2.45. The number of ether oxygens (including phenoxy) is 2. The lowest BCUT2D eigenvalue weighted by Gasteiger charge is -2.37. The first kappa shape index (κ1) is 17.5. The van der Waals surface area contributed by atoms with Gasteiger partial charge in [0.1, 0.15) is 5.60 Å². The van der Waals surface area contributed by atoms with E-state index in [1.165, 1.54) is 13.2 Å². The Balaban J connectivity index is 2.04. The van der Waals surface area contributed by atoms with Gasteiger partial charge < -0.3 is 20.1 Å². The highest BCUT2D eigenvalue weighted by Gasteiger charge is 2.32. The summed E-state index contributed by atoms with van der Waals surface area (Å²) in [5, 5.41) is 0. The van der Waals surface area contributed by atoms with E-state index in [1.54, 1.807) is 11.0 Å². The molecule has 1 amide bonds. The molecule has 128 valence electrons. The summed E-state index contributed by atoms with van der Waals surface area (Å²) in [4.78, 5) is 13.7. The Hall–Kier alpha value is -1.82. The number of carbonyl (C=O) groups excluding carboxylic acids is 1. The Bertz CT molecular complexity index is 571. The topological polar surface area (TPSA) is 64.8 Å². The van der Waals surface area contributed by atoms with Crippen molar-refractivity contribution >= 4 is 6.09 Å². The Morgan fingerprint density at radius 1 is 1.39 bits per heavy atom. The number of hydrogen-bond acceptors (Lipinski definition) is 4. The Kier molecular flexibility index (Phi) is 5.14. The molecule has 23 heavy (non-hydrogen) atoms. The second-order valence-corrected chi connectivity index (χ2v) is 6.88. The predicted molar refractivity (Wildman–Crippen MR) is 86.1 cm³/mol. The van der Waals surface area contributed by atoms with Gasteiger partial charge in [-0.3, -0.25) is 0 Å². The molecule has 1 heterocycles. The van der Waals surface area contributed by atoms with Gasteiger partial charge in [-0.25, -0.2) is 9.18 Å². The molecular formula is C17H25FN2O3. The van der Waals surface area contributed by atoms with Gasteiger partial charge in [0.05, 0.1) is 7.11 Å². The number of carbonyl (C=O) groups is 1. The molecule has 1 fully saturated rings. The van der Waals surface area contributed by atoms with Crippen molar-refractivity contribution in [2.24, 2.45) is 5.73 Å². The van der Waals surface area contributed by atoms with E-state index in [0.717, 1.165) is 5.56 Å². The van der Waals surface area contributed by atoms with Gasteiger partial charge in [0.15, 0.2) is 11.6 Å². The SMILES string of the molecule is COc1ccc([C@H]2CCN(C(=O)OC(C)(C)C)C[C@H]2N)cc1F. The highest BCUT2D eigenvalue weighted by molar-refractivity contribution is 5.68. The number of hydrogen-bond donors (Lipinski definition) is 1. The smallest absolute Gasteiger partial charge is 0.410 e. The molecule has 0 bridgehead atoms. The van der Waals surface area contributed by atoms with Crippen LogP contribution in [0.2, 0.25) is 0 Å². The van der Waals surface area contributed by atoms with Crippen LogP contribution >= 0.6 is 0 Å². The number of nitrogens with zero attached hydrogens (tertiary/aromatic N) is 1. The van der Waals surface area contributed by atoms with E-state index in [4.69, 9.17) is 15.2 Å². The minimum absolute atomic E-state index is 0.00842. The van der Waals surface area contributed by atoms with Gasteiger partial charge >= 0.3 is 6.09 Å². The number of benzene rings is 1. The molecule has 1 aromatic rings. The number of amides is 1. The molecule has 0 spiro atoms. The number of piperidine rings is 1. The van der Waals surface area contributed by atoms with Crippen molar-refractivity contribution in [1.29, 1.82) is 0 Å². The van der Waals surface area contributed by atoms with Crippen LogP contribution in [0.1, 0.15) is 38.7 Å². The zero-order valence-electron chi connectivity index (χ0n) is 14.1. The van der Waals surface area contributed by atoms with E-state index in [9.17, 15) is 9.18 Å². The maximum absolute atomic E-state index is 13.9. The van der Waals surface area contributed by atoms with E-state index < -0.39 is 11.4 Å². The van der Waals surface area contributed by atoms with E-state index in [1.807, 2.05) is 26.8 Å². The fourth-order valence-electron chi connectivity index (χ4n) is 2.80. The molecule has 0 saturated carbocycles. The van der Waals surface area contributed by atoms with E-state index >= 15 is 0 Å². The minimum Gasteiger partial charge on any atom is -0.494 e. The first-order valence-corrected chi connectivity index (χ1v) is 7.78. The number of likely N-dealkylation sites (tertiary alicyclic amines) is 1. The summed E-state index contributed by atoms with van der Waals surface area (Å²) >= 11 is 0. The monoisotopic (exact) mass is 324 g/mol. The summed E-state index contributed by atoms with van der Waals surface area (Å²) < 4.78 is 24.2. The summed E-state index contributed by atoms with van der Waals surface area (Å²) in [6.07, 6.45) is 0.318. The Labute approximate surface area is 136 Å². The van der Waals surface area contributed by atoms with Crippen molar-refractivity contribution < 1.29 is 18.7 Å². The molecule has 1 saturated heterocycles. The number of rotatable bonds is 2. The van der Waals surface area contributed by atoms with Crippen LogP contribution in [0.5, 0.6) is 5.75 Å². The fourth-order valence-corrected chi connectivity index (χ4v) is 2.80. The van der Waals surface area contributed by atoms with Crippen molar-refractivity contribution in [2.75, 3.05) is 20.2 Å². The quantitative estimate of drug-likeness (QED) is 0.908. The van der Waals surface area contributed by atoms with Crippen molar-refractivity contribution in [3.8, 4) is 5.75 Å². The van der Waals surface area contributed by atoms with Crippen molar-refractivity contribution in [2.45, 2.75) is 44.8 Å². The summed E-state index contributed by atoms with van der Waals surface area (Å²) in [6, 6.07) is 4.64. The van der Waals surface area contributed by atoms with Crippen LogP contribution < -0.4 is 10.5 Å². The third kappa shape index (κ3) is 4.34. The predicted octanol–water partition coefficient (Wildman–Crippen LogP) is 2.89. The third-order valence-corrected chi connectivity index (χ3v) is 3.91. The highest BCUT2D eigenvalue weighted by atomic mass is 19.1. The lowest BCUT2D eigenvalue weighted by molar-refractivity contribution is 0.0186. The zero-order valence-corrected chi connectivity index (χ0v) is 14.1. The van der Waals surface area contributed by atoms with Gasteiger partial charge in [0.25, 0.3) is 0 Å². The van der Waals surface area contributed by atoms with Crippen LogP contribution in [0.15, 0.2) is 18.2 Å². The largest absolute Gasteiger partial charge is 0.494 e. The van der Waals surface area contributed by atoms with Gasteiger partial charge in [-0.15, -0.1) is 0 Å². The standard InChI is InChI=1S/C17H25FN2O3/c1-17(2,3)23-16(21)20-8-7-12(14(19)10-20)11-5-6-15(22-4)13(18)9-11/h5-6,9,12,14H,7-8,10,19H2,1-4H3/t12-,14-/m1/s1. The van der Waals surface area contributed by atoms with Gasteiger partial charge in [-0.05, 0) is 44.9 Å². The van der Waals surface area contributed by atoms with Gasteiger partial charge in [-0.1, -0.05) is 6.07 Å². The lowest BCUT2D eigenvalue weighted by atomic mass is 9.86. The van der Waals surface area contributed by atoms with Crippen molar-refractivity contribution in [3.63, 3.8) is 0 Å². The minimum atomic E-state index is -0.531. The van der Waals surface area contributed by atoms with Crippen LogP contribution in [-0.4, -0.2) is 42.8 Å². The molecule has 2 rings (SSSR count). The molecule has 6 heteroatoms. The summed E-state index contributed by atoms with van der Waals surface area (Å²) in [5.74, 6) is -0.172. The number of halogens is 1. The molecule has 2 atom stereocenters. The third-order valence-electron chi connectivity index (χ3n) is 3.91. The lowest BCUT2D eigenvalue weighted by Crippen LogP contribution is -2.50. The second kappa shape index (κ2) is 6.74. The van der Waals surface area contributed by atoms with Crippen molar-refractivity contribution in [1.82, 2.24) is 4.90 Å². The number of nitrogens with two attached hydrogens (primary N) is 1. The van der Waals surface area contributed by atoms with Crippen LogP contribution in [-0.2, 0) is 4.74 Å². The molecular weight excluding hydrogens is 299 g/mol. The summed E-state index contributed by atoms with van der Waals surface area (Å²) in [5.41, 5.74) is 6.52. The number of methoxy groups -OCH3 is 1. The van der Waals surface area contributed by atoms with E-state index in [-0.39, 0.29) is 23.8 Å². The van der Waals surface area contributed by atoms with Crippen LogP contribution in [0, 0.1) is 5.82 Å². The zero-order chi connectivity index (χ0) is 17.2. The van der Waals surface area contributed by atoms with Gasteiger partial charge in [0, 0.05) is 25.0 Å². The molecule has 2 N–H and O–H groups in total. The summed E-state index contributed by atoms with van der Waals surface area (Å²) in [7, 11) is 1.43. The normalized spacial score (nSPS) is 21.9. The van der Waals surface area contributed by atoms with Crippen LogP contribution in [0.3, 0.4) is 0 Å². The first-order chi connectivity index (χ1) is 10.7. The average molecular weight is 324 g/mol. The Morgan fingerprint density at radius 2 is 2.09 bits per heavy atom. The molecule has 1 aliphatic heterocycles. The molecule has 0 radical (unpaired) electrons. The second-order valence-electron chi connectivity index (χ2n) is 6.88. The molecule has 5 nitrogen and oxygen atoms in total. The maximum Gasteiger partial charge on any atom is 0.410 e. The van der Waals surface area contributed by atoms with Crippen LogP contribution in [0.25, 0.3) is 0 Å². The molecule has 1 aromatic carbocycles. The molecule has 0 aromatic heterocycles.